The second-order valence-electron chi connectivity index (χ2n) is 3.91. The zero-order valence-electron chi connectivity index (χ0n) is 10.6. The number of hydrogen-bond donors (Lipinski definition) is 0. The van der Waals surface area contributed by atoms with Crippen LogP contribution in [0.3, 0.4) is 0 Å². The molecule has 0 amide bonds. The molecular formula is C15H12FNO2. The Bertz CT molecular complexity index is 625. The summed E-state index contributed by atoms with van der Waals surface area (Å²) in [4.78, 5) is 0. The molecule has 0 aliphatic heterocycles. The van der Waals surface area contributed by atoms with Crippen LogP contribution in [0.1, 0.15) is 5.56 Å². The van der Waals surface area contributed by atoms with Crippen LogP contribution < -0.4 is 9.47 Å². The van der Waals surface area contributed by atoms with Gasteiger partial charge in [0.05, 0.1) is 25.9 Å². The summed E-state index contributed by atoms with van der Waals surface area (Å²) in [7, 11) is 3.06. The van der Waals surface area contributed by atoms with Crippen molar-refractivity contribution in [2.75, 3.05) is 14.2 Å². The molecule has 0 spiro atoms. The van der Waals surface area contributed by atoms with Crippen molar-refractivity contribution in [1.29, 1.82) is 5.26 Å². The van der Waals surface area contributed by atoms with E-state index in [1.54, 1.807) is 18.2 Å². The maximum Gasteiger partial charge on any atom is 0.131 e. The number of rotatable bonds is 3. The molecule has 0 aromatic heterocycles. The fourth-order valence-corrected chi connectivity index (χ4v) is 1.78. The highest BCUT2D eigenvalue weighted by Gasteiger charge is 2.09. The van der Waals surface area contributed by atoms with Crippen molar-refractivity contribution in [2.45, 2.75) is 0 Å². The molecule has 0 N–H and O–H groups in total. The van der Waals surface area contributed by atoms with E-state index in [0.717, 1.165) is 0 Å². The molecule has 19 heavy (non-hydrogen) atoms. The highest BCUT2D eigenvalue weighted by atomic mass is 19.1. The van der Waals surface area contributed by atoms with E-state index >= 15 is 0 Å². The summed E-state index contributed by atoms with van der Waals surface area (Å²) in [5, 5.41) is 8.88. The van der Waals surface area contributed by atoms with Crippen LogP contribution >= 0.6 is 0 Å². The molecule has 0 aliphatic carbocycles. The minimum atomic E-state index is -0.394. The van der Waals surface area contributed by atoms with E-state index in [2.05, 4.69) is 0 Å². The number of benzene rings is 2. The molecule has 0 atom stereocenters. The summed E-state index contributed by atoms with van der Waals surface area (Å²) in [5.41, 5.74) is 1.35. The second-order valence-corrected chi connectivity index (χ2v) is 3.91. The largest absolute Gasteiger partial charge is 0.497 e. The molecule has 0 radical (unpaired) electrons. The van der Waals surface area contributed by atoms with Gasteiger partial charge < -0.3 is 9.47 Å². The number of halogens is 1. The molecule has 3 nitrogen and oxygen atoms in total. The predicted molar refractivity (Wildman–Crippen MR) is 69.7 cm³/mol. The van der Waals surface area contributed by atoms with Gasteiger partial charge in [-0.3, -0.25) is 0 Å². The Morgan fingerprint density at radius 2 is 1.63 bits per heavy atom. The highest BCUT2D eigenvalue weighted by molar-refractivity contribution is 5.69. The van der Waals surface area contributed by atoms with E-state index in [9.17, 15) is 4.39 Å². The average Bonchev–Trinajstić information content (AvgIpc) is 2.47. The summed E-state index contributed by atoms with van der Waals surface area (Å²) in [6.07, 6.45) is 0. The first kappa shape index (κ1) is 12.9. The number of methoxy groups -OCH3 is 2. The molecule has 0 heterocycles. The van der Waals surface area contributed by atoms with Gasteiger partial charge in [0.2, 0.25) is 0 Å². The molecule has 0 fully saturated rings. The maximum atomic E-state index is 13.9. The van der Waals surface area contributed by atoms with Crippen LogP contribution in [0.5, 0.6) is 11.5 Å². The summed E-state index contributed by atoms with van der Waals surface area (Å²) in [6, 6.07) is 11.3. The van der Waals surface area contributed by atoms with Crippen LogP contribution in [0, 0.1) is 17.1 Å². The Hall–Kier alpha value is -2.54. The van der Waals surface area contributed by atoms with Gasteiger partial charge in [-0.25, -0.2) is 4.39 Å². The molecule has 2 rings (SSSR count). The predicted octanol–water partition coefficient (Wildman–Crippen LogP) is 3.38. The third kappa shape index (κ3) is 2.66. The lowest BCUT2D eigenvalue weighted by atomic mass is 10.0. The van der Waals surface area contributed by atoms with Gasteiger partial charge in [0, 0.05) is 11.6 Å². The Kier molecular flexibility index (Phi) is 3.67. The van der Waals surface area contributed by atoms with Crippen molar-refractivity contribution in [3.63, 3.8) is 0 Å². The fraction of sp³-hybridized carbons (Fsp3) is 0.133. The molecule has 0 unspecified atom stereocenters. The molecule has 0 aliphatic rings. The van der Waals surface area contributed by atoms with Gasteiger partial charge in [0.1, 0.15) is 17.3 Å². The molecule has 0 saturated heterocycles. The normalized spacial score (nSPS) is 9.79. The molecule has 0 saturated carbocycles. The molecule has 4 heteroatoms. The Morgan fingerprint density at radius 3 is 2.16 bits per heavy atom. The lowest BCUT2D eigenvalue weighted by Crippen LogP contribution is -1.91. The molecule has 2 aromatic rings. The first-order chi connectivity index (χ1) is 9.17. The number of nitriles is 1. The topological polar surface area (TPSA) is 42.2 Å². The van der Waals surface area contributed by atoms with Crippen molar-refractivity contribution in [2.24, 2.45) is 0 Å². The van der Waals surface area contributed by atoms with E-state index < -0.39 is 5.82 Å². The molecule has 96 valence electrons. The van der Waals surface area contributed by atoms with Gasteiger partial charge in [-0.15, -0.1) is 0 Å². The lowest BCUT2D eigenvalue weighted by Gasteiger charge is -2.09. The first-order valence-electron chi connectivity index (χ1n) is 5.61. The van der Waals surface area contributed by atoms with E-state index in [-0.39, 0.29) is 0 Å². The molecular weight excluding hydrogens is 245 g/mol. The SMILES string of the molecule is COc1cc(OC)cc(-c2cc(C#N)ccc2F)c1. The Morgan fingerprint density at radius 1 is 1.00 bits per heavy atom. The first-order valence-corrected chi connectivity index (χ1v) is 5.61. The zero-order valence-corrected chi connectivity index (χ0v) is 10.6. The van der Waals surface area contributed by atoms with Crippen LogP contribution in [-0.2, 0) is 0 Å². The Labute approximate surface area is 110 Å². The summed E-state index contributed by atoms with van der Waals surface area (Å²) >= 11 is 0. The average molecular weight is 257 g/mol. The number of nitrogens with zero attached hydrogens (tertiary/aromatic N) is 1. The van der Waals surface area contributed by atoms with Gasteiger partial charge in [-0.05, 0) is 35.9 Å². The van der Waals surface area contributed by atoms with Crippen molar-refractivity contribution in [3.05, 3.63) is 47.8 Å². The fourth-order valence-electron chi connectivity index (χ4n) is 1.78. The van der Waals surface area contributed by atoms with Crippen LogP contribution in [0.4, 0.5) is 4.39 Å². The second kappa shape index (κ2) is 5.40. The molecule has 0 bridgehead atoms. The monoisotopic (exact) mass is 257 g/mol. The smallest absolute Gasteiger partial charge is 0.131 e. The lowest BCUT2D eigenvalue weighted by molar-refractivity contribution is 0.394. The summed E-state index contributed by atoms with van der Waals surface area (Å²) in [5.74, 6) is 0.738. The van der Waals surface area contributed by atoms with Crippen LogP contribution in [0.25, 0.3) is 11.1 Å². The van der Waals surface area contributed by atoms with Gasteiger partial charge in [0.25, 0.3) is 0 Å². The summed E-state index contributed by atoms with van der Waals surface area (Å²) in [6.45, 7) is 0. The van der Waals surface area contributed by atoms with Crippen LogP contribution in [0.2, 0.25) is 0 Å². The summed E-state index contributed by atoms with van der Waals surface area (Å²) < 4.78 is 24.2. The van der Waals surface area contributed by atoms with Gasteiger partial charge >= 0.3 is 0 Å². The van der Waals surface area contributed by atoms with Gasteiger partial charge in [0.15, 0.2) is 0 Å². The molecule has 2 aromatic carbocycles. The standard InChI is InChI=1S/C15H12FNO2/c1-18-12-6-11(7-13(8-12)19-2)14-5-10(9-17)3-4-15(14)16/h3-8H,1-2H3. The van der Waals surface area contributed by atoms with Crippen LogP contribution in [-0.4, -0.2) is 14.2 Å². The van der Waals surface area contributed by atoms with Crippen molar-refractivity contribution in [3.8, 4) is 28.7 Å². The quantitative estimate of drug-likeness (QED) is 0.846. The third-order valence-corrected chi connectivity index (χ3v) is 2.76. The Balaban J connectivity index is 2.61. The maximum absolute atomic E-state index is 13.9. The van der Waals surface area contributed by atoms with E-state index in [0.29, 0.717) is 28.2 Å². The minimum absolute atomic E-state index is 0.344. The third-order valence-electron chi connectivity index (χ3n) is 2.76. The van der Waals surface area contributed by atoms with Gasteiger partial charge in [-0.1, -0.05) is 0 Å². The number of hydrogen-bond acceptors (Lipinski definition) is 3. The van der Waals surface area contributed by atoms with Crippen molar-refractivity contribution < 1.29 is 13.9 Å². The van der Waals surface area contributed by atoms with Crippen molar-refractivity contribution in [1.82, 2.24) is 0 Å². The minimum Gasteiger partial charge on any atom is -0.497 e. The van der Waals surface area contributed by atoms with E-state index in [4.69, 9.17) is 14.7 Å². The highest BCUT2D eigenvalue weighted by Crippen LogP contribution is 2.31. The van der Waals surface area contributed by atoms with E-state index in [1.807, 2.05) is 6.07 Å². The van der Waals surface area contributed by atoms with Gasteiger partial charge in [-0.2, -0.15) is 5.26 Å². The van der Waals surface area contributed by atoms with Crippen LogP contribution in [0.15, 0.2) is 36.4 Å². The zero-order chi connectivity index (χ0) is 13.8. The van der Waals surface area contributed by atoms with Crippen molar-refractivity contribution >= 4 is 0 Å². The van der Waals surface area contributed by atoms with E-state index in [1.165, 1.54) is 32.4 Å². The number of ether oxygens (including phenoxy) is 2.